The maximum absolute atomic E-state index is 14.1. The number of hydrogen-bond donors (Lipinski definition) is 0. The number of halogens is 5. The summed E-state index contributed by atoms with van der Waals surface area (Å²) in [6, 6.07) is 3.57. The van der Waals surface area contributed by atoms with Crippen molar-refractivity contribution >= 4 is 17.6 Å². The van der Waals surface area contributed by atoms with Gasteiger partial charge < -0.3 is 9.47 Å². The third-order valence-electron chi connectivity index (χ3n) is 3.09. The number of hydrogen-bond acceptors (Lipinski definition) is 4. The fourth-order valence-electron chi connectivity index (χ4n) is 1.98. The van der Waals surface area contributed by atoms with Crippen LogP contribution in [-0.4, -0.2) is 25.2 Å². The van der Waals surface area contributed by atoms with Crippen LogP contribution in [0.3, 0.4) is 0 Å². The molecule has 0 bridgehead atoms. The maximum Gasteiger partial charge on any atom is 0.419 e. The summed E-state index contributed by atoms with van der Waals surface area (Å²) in [5.74, 6) is -2.31. The Morgan fingerprint density at radius 1 is 1.21 bits per heavy atom. The van der Waals surface area contributed by atoms with Crippen molar-refractivity contribution in [3.8, 4) is 17.0 Å². The molecule has 0 aliphatic rings. The third kappa shape index (κ3) is 3.43. The molecule has 0 radical (unpaired) electrons. The first-order valence-electron chi connectivity index (χ1n) is 6.39. The van der Waals surface area contributed by atoms with Crippen molar-refractivity contribution < 1.29 is 31.8 Å². The lowest BCUT2D eigenvalue weighted by molar-refractivity contribution is -0.138. The molecular formula is C15H10ClF4NO3. The largest absolute Gasteiger partial charge is 0.496 e. The van der Waals surface area contributed by atoms with Gasteiger partial charge in [0, 0.05) is 5.56 Å². The van der Waals surface area contributed by atoms with E-state index in [0.29, 0.717) is 0 Å². The average molecular weight is 364 g/mol. The predicted molar refractivity (Wildman–Crippen MR) is 77.5 cm³/mol. The van der Waals surface area contributed by atoms with E-state index in [1.54, 1.807) is 0 Å². The number of aromatic nitrogens is 1. The summed E-state index contributed by atoms with van der Waals surface area (Å²) >= 11 is 5.73. The molecule has 1 aromatic heterocycles. The van der Waals surface area contributed by atoms with Crippen molar-refractivity contribution in [2.75, 3.05) is 14.2 Å². The summed E-state index contributed by atoms with van der Waals surface area (Å²) in [5.41, 5.74) is -1.74. The van der Waals surface area contributed by atoms with Gasteiger partial charge in [-0.1, -0.05) is 17.7 Å². The van der Waals surface area contributed by atoms with E-state index in [0.717, 1.165) is 38.5 Å². The minimum atomic E-state index is -4.63. The van der Waals surface area contributed by atoms with Gasteiger partial charge >= 0.3 is 12.1 Å². The Morgan fingerprint density at radius 2 is 1.88 bits per heavy atom. The molecule has 1 heterocycles. The van der Waals surface area contributed by atoms with Gasteiger partial charge in [-0.05, 0) is 18.2 Å². The van der Waals surface area contributed by atoms with Crippen LogP contribution in [0.5, 0.6) is 5.75 Å². The van der Waals surface area contributed by atoms with Crippen molar-refractivity contribution in [3.05, 3.63) is 46.4 Å². The van der Waals surface area contributed by atoms with Crippen LogP contribution in [0.15, 0.2) is 24.3 Å². The molecule has 0 saturated carbocycles. The van der Waals surface area contributed by atoms with Crippen molar-refractivity contribution in [3.63, 3.8) is 0 Å². The van der Waals surface area contributed by atoms with E-state index in [4.69, 9.17) is 16.3 Å². The van der Waals surface area contributed by atoms with Crippen molar-refractivity contribution in [2.24, 2.45) is 0 Å². The van der Waals surface area contributed by atoms with Crippen LogP contribution in [0, 0.1) is 5.82 Å². The number of pyridine rings is 1. The van der Waals surface area contributed by atoms with E-state index in [-0.39, 0.29) is 22.0 Å². The van der Waals surface area contributed by atoms with Crippen LogP contribution in [0.1, 0.15) is 16.1 Å². The highest BCUT2D eigenvalue weighted by Gasteiger charge is 2.34. The van der Waals surface area contributed by atoms with E-state index in [1.807, 2.05) is 0 Å². The van der Waals surface area contributed by atoms with Crippen LogP contribution in [0.25, 0.3) is 11.3 Å². The first kappa shape index (κ1) is 18.0. The highest BCUT2D eigenvalue weighted by molar-refractivity contribution is 6.33. The normalized spacial score (nSPS) is 11.3. The summed E-state index contributed by atoms with van der Waals surface area (Å²) in [7, 11) is 2.14. The first-order valence-corrected chi connectivity index (χ1v) is 6.76. The molecule has 2 rings (SSSR count). The number of methoxy groups -OCH3 is 2. The van der Waals surface area contributed by atoms with Gasteiger partial charge in [0.2, 0.25) is 0 Å². The number of esters is 1. The number of alkyl halides is 3. The van der Waals surface area contributed by atoms with Crippen molar-refractivity contribution in [2.45, 2.75) is 6.18 Å². The highest BCUT2D eigenvalue weighted by atomic mass is 35.5. The molecule has 0 fully saturated rings. The van der Waals surface area contributed by atoms with E-state index in [2.05, 4.69) is 9.72 Å². The van der Waals surface area contributed by atoms with Crippen LogP contribution >= 0.6 is 11.6 Å². The van der Waals surface area contributed by atoms with Crippen molar-refractivity contribution in [1.29, 1.82) is 0 Å². The molecule has 0 saturated heterocycles. The lowest BCUT2D eigenvalue weighted by Gasteiger charge is -2.14. The zero-order valence-corrected chi connectivity index (χ0v) is 13.1. The number of carbonyl (C=O) groups excluding carboxylic acids is 1. The SMILES string of the molecule is COC(=O)c1nc(-c2ccc(C(F)(F)F)c(OC)c2)c(F)cc1Cl. The monoisotopic (exact) mass is 363 g/mol. The lowest BCUT2D eigenvalue weighted by Crippen LogP contribution is -2.09. The van der Waals surface area contributed by atoms with Crippen molar-refractivity contribution in [1.82, 2.24) is 4.98 Å². The second-order valence-electron chi connectivity index (χ2n) is 4.55. The molecule has 128 valence electrons. The number of rotatable bonds is 3. The molecule has 9 heteroatoms. The number of benzene rings is 1. The first-order chi connectivity index (χ1) is 11.2. The fourth-order valence-corrected chi connectivity index (χ4v) is 2.20. The number of carbonyl (C=O) groups is 1. The van der Waals surface area contributed by atoms with Gasteiger partial charge in [-0.3, -0.25) is 0 Å². The zero-order valence-electron chi connectivity index (χ0n) is 12.4. The van der Waals surface area contributed by atoms with E-state index >= 15 is 0 Å². The third-order valence-corrected chi connectivity index (χ3v) is 3.38. The van der Waals surface area contributed by atoms with E-state index < -0.39 is 29.3 Å². The molecule has 4 nitrogen and oxygen atoms in total. The Kier molecular flexibility index (Phi) is 4.98. The summed E-state index contributed by atoms with van der Waals surface area (Å²) in [6.07, 6.45) is -4.63. The summed E-state index contributed by atoms with van der Waals surface area (Å²) < 4.78 is 61.9. The van der Waals surface area contributed by atoms with Gasteiger partial charge in [0.1, 0.15) is 11.4 Å². The molecule has 0 unspecified atom stereocenters. The minimum absolute atomic E-state index is 0.0147. The minimum Gasteiger partial charge on any atom is -0.496 e. The topological polar surface area (TPSA) is 48.4 Å². The zero-order chi connectivity index (χ0) is 18.1. The Morgan fingerprint density at radius 3 is 2.42 bits per heavy atom. The second kappa shape index (κ2) is 6.64. The molecule has 0 aliphatic heterocycles. The Hall–Kier alpha value is -2.35. The Bertz CT molecular complexity index is 793. The van der Waals surface area contributed by atoms with Gasteiger partial charge in [0.25, 0.3) is 0 Å². The van der Waals surface area contributed by atoms with Gasteiger partial charge in [-0.15, -0.1) is 0 Å². The molecule has 1 aromatic carbocycles. The summed E-state index contributed by atoms with van der Waals surface area (Å²) in [5, 5.41) is -0.276. The molecule has 0 atom stereocenters. The number of ether oxygens (including phenoxy) is 2. The Labute approximate surface area is 139 Å². The highest BCUT2D eigenvalue weighted by Crippen LogP contribution is 2.38. The van der Waals surface area contributed by atoms with Gasteiger partial charge in [-0.2, -0.15) is 13.2 Å². The molecule has 0 N–H and O–H groups in total. The quantitative estimate of drug-likeness (QED) is 0.600. The molecule has 0 spiro atoms. The number of nitrogens with zero attached hydrogens (tertiary/aromatic N) is 1. The van der Waals surface area contributed by atoms with Crippen LogP contribution < -0.4 is 4.74 Å². The van der Waals surface area contributed by atoms with Gasteiger partial charge in [0.15, 0.2) is 11.5 Å². The summed E-state index contributed by atoms with van der Waals surface area (Å²) in [4.78, 5) is 15.3. The fraction of sp³-hybridized carbons (Fsp3) is 0.200. The predicted octanol–water partition coefficient (Wildman–Crippen LogP) is 4.36. The van der Waals surface area contributed by atoms with E-state index in [9.17, 15) is 22.4 Å². The standard InChI is InChI=1S/C15H10ClF4NO3/c1-23-11-5-7(3-4-8(11)15(18,19)20)12-10(17)6-9(16)13(21-12)14(22)24-2/h3-6H,1-2H3. The molecular weight excluding hydrogens is 354 g/mol. The smallest absolute Gasteiger partial charge is 0.419 e. The van der Waals surface area contributed by atoms with E-state index in [1.165, 1.54) is 0 Å². The summed E-state index contributed by atoms with van der Waals surface area (Å²) in [6.45, 7) is 0. The maximum atomic E-state index is 14.1. The molecule has 2 aromatic rings. The van der Waals surface area contributed by atoms with Crippen LogP contribution in [0.2, 0.25) is 5.02 Å². The molecule has 0 aliphatic carbocycles. The van der Waals surface area contributed by atoms with Gasteiger partial charge in [-0.25, -0.2) is 14.2 Å². The lowest BCUT2D eigenvalue weighted by atomic mass is 10.1. The second-order valence-corrected chi connectivity index (χ2v) is 4.96. The Balaban J connectivity index is 2.62. The molecule has 0 amide bonds. The molecule has 24 heavy (non-hydrogen) atoms. The van der Waals surface area contributed by atoms with Gasteiger partial charge in [0.05, 0.1) is 24.8 Å². The van der Waals surface area contributed by atoms with Crippen LogP contribution in [0.4, 0.5) is 17.6 Å². The van der Waals surface area contributed by atoms with Crippen LogP contribution in [-0.2, 0) is 10.9 Å². The average Bonchev–Trinajstić information content (AvgIpc) is 2.52.